The van der Waals surface area contributed by atoms with Crippen LogP contribution in [-0.4, -0.2) is 75.6 Å². The molecule has 0 aliphatic heterocycles. The zero-order chi connectivity index (χ0) is 41.3. The van der Waals surface area contributed by atoms with Crippen LogP contribution in [0.2, 0.25) is 0 Å². The molecule has 1 N–H and O–H groups in total. The number of phosphoric ester groups is 1. The van der Waals surface area contributed by atoms with E-state index in [1.54, 1.807) is 0 Å². The van der Waals surface area contributed by atoms with Crippen LogP contribution < -0.4 is 0 Å². The van der Waals surface area contributed by atoms with E-state index in [0.717, 1.165) is 96.3 Å². The summed E-state index contributed by atoms with van der Waals surface area (Å²) in [7, 11) is 1.63. The van der Waals surface area contributed by atoms with Crippen LogP contribution in [0.1, 0.15) is 162 Å². The molecule has 0 radical (unpaired) electrons. The molecule has 0 bridgehead atoms. The topological polar surface area (TPSA) is 91.3 Å². The first-order chi connectivity index (χ1) is 27.1. The van der Waals surface area contributed by atoms with E-state index in [2.05, 4.69) is 86.8 Å². The van der Waals surface area contributed by atoms with E-state index in [1.807, 2.05) is 21.1 Å². The monoisotopic (exact) mass is 807 g/mol. The summed E-state index contributed by atoms with van der Waals surface area (Å²) in [6, 6.07) is 0. The van der Waals surface area contributed by atoms with E-state index >= 15 is 0 Å². The Balaban J connectivity index is 4.31. The van der Waals surface area contributed by atoms with Gasteiger partial charge in [0.1, 0.15) is 19.3 Å². The number of allylic oxidation sites excluding steroid dienone is 12. The van der Waals surface area contributed by atoms with Gasteiger partial charge in [-0.25, -0.2) is 4.57 Å². The number of carbonyl (C=O) groups excluding carboxylic acids is 1. The lowest BCUT2D eigenvalue weighted by molar-refractivity contribution is -0.870. The molecule has 0 aliphatic rings. The second-order valence-corrected chi connectivity index (χ2v) is 17.1. The molecule has 0 aromatic rings. The van der Waals surface area contributed by atoms with Crippen molar-refractivity contribution in [3.63, 3.8) is 0 Å². The highest BCUT2D eigenvalue weighted by Crippen LogP contribution is 2.43. The molecule has 0 aliphatic carbocycles. The maximum atomic E-state index is 12.7. The number of esters is 1. The molecule has 324 valence electrons. The lowest BCUT2D eigenvalue weighted by Gasteiger charge is -2.24. The van der Waals surface area contributed by atoms with Gasteiger partial charge < -0.3 is 18.9 Å². The molecule has 2 unspecified atom stereocenters. The highest BCUT2D eigenvalue weighted by atomic mass is 31.2. The molecular formula is C47H85NO7P+. The summed E-state index contributed by atoms with van der Waals surface area (Å²) in [6.07, 6.45) is 50.7. The van der Waals surface area contributed by atoms with Gasteiger partial charge in [0, 0.05) is 13.0 Å². The van der Waals surface area contributed by atoms with Crippen LogP contribution in [-0.2, 0) is 27.9 Å². The number of ether oxygens (including phenoxy) is 2. The van der Waals surface area contributed by atoms with Crippen molar-refractivity contribution in [2.75, 3.05) is 54.1 Å². The SMILES string of the molecule is CC/C=C\C/C=C\C/C=C\C/C=C\CCCCCCCOCC(COP(=O)(O)OCC[N+](C)(C)C)OC(=O)CCCCCCC/C=C\C/C=C\CCCCCC. The zero-order valence-electron chi connectivity index (χ0n) is 36.6. The first-order valence-corrected chi connectivity index (χ1v) is 23.7. The summed E-state index contributed by atoms with van der Waals surface area (Å²) in [5.74, 6) is -0.337. The fraction of sp³-hybridized carbons (Fsp3) is 0.723. The van der Waals surface area contributed by atoms with Crippen molar-refractivity contribution in [3.05, 3.63) is 72.9 Å². The predicted octanol–water partition coefficient (Wildman–Crippen LogP) is 13.1. The summed E-state index contributed by atoms with van der Waals surface area (Å²) in [6.45, 7) is 5.41. The van der Waals surface area contributed by atoms with E-state index in [1.165, 1.54) is 44.9 Å². The Kier molecular flexibility index (Phi) is 38.3. The number of hydrogen-bond acceptors (Lipinski definition) is 6. The summed E-state index contributed by atoms with van der Waals surface area (Å²) in [5.41, 5.74) is 0. The molecule has 0 amide bonds. The Bertz CT molecular complexity index is 1120. The fourth-order valence-corrected chi connectivity index (χ4v) is 6.31. The van der Waals surface area contributed by atoms with Crippen LogP contribution in [0.3, 0.4) is 0 Å². The van der Waals surface area contributed by atoms with Crippen molar-refractivity contribution >= 4 is 13.8 Å². The van der Waals surface area contributed by atoms with Gasteiger partial charge in [0.05, 0.1) is 34.4 Å². The molecule has 0 aromatic heterocycles. The number of unbranched alkanes of at least 4 members (excludes halogenated alkanes) is 14. The summed E-state index contributed by atoms with van der Waals surface area (Å²) < 4.78 is 35.0. The molecule has 2 atom stereocenters. The van der Waals surface area contributed by atoms with Gasteiger partial charge in [-0.1, -0.05) is 145 Å². The molecule has 0 heterocycles. The minimum Gasteiger partial charge on any atom is -0.457 e. The Labute approximate surface area is 344 Å². The highest BCUT2D eigenvalue weighted by molar-refractivity contribution is 7.47. The van der Waals surface area contributed by atoms with Gasteiger partial charge in [-0.05, 0) is 83.5 Å². The van der Waals surface area contributed by atoms with Crippen molar-refractivity contribution in [3.8, 4) is 0 Å². The van der Waals surface area contributed by atoms with Crippen LogP contribution in [0, 0.1) is 0 Å². The van der Waals surface area contributed by atoms with Crippen molar-refractivity contribution in [1.82, 2.24) is 0 Å². The molecule has 8 nitrogen and oxygen atoms in total. The third-order valence-electron chi connectivity index (χ3n) is 9.00. The average molecular weight is 807 g/mol. The Hall–Kier alpha value is -2.06. The maximum Gasteiger partial charge on any atom is 0.472 e. The van der Waals surface area contributed by atoms with Crippen molar-refractivity contribution in [1.29, 1.82) is 0 Å². The first kappa shape index (κ1) is 53.9. The van der Waals surface area contributed by atoms with E-state index < -0.39 is 13.9 Å². The third kappa shape index (κ3) is 43.1. The zero-order valence-corrected chi connectivity index (χ0v) is 37.5. The molecule has 0 spiro atoms. The number of rotatable bonds is 40. The van der Waals surface area contributed by atoms with Gasteiger partial charge >= 0.3 is 13.8 Å². The lowest BCUT2D eigenvalue weighted by atomic mass is 10.1. The summed E-state index contributed by atoms with van der Waals surface area (Å²) in [5, 5.41) is 0. The van der Waals surface area contributed by atoms with Crippen LogP contribution in [0.4, 0.5) is 0 Å². The fourth-order valence-electron chi connectivity index (χ4n) is 5.57. The minimum atomic E-state index is -4.29. The number of nitrogens with zero attached hydrogens (tertiary/aromatic N) is 1. The van der Waals surface area contributed by atoms with E-state index in [0.29, 0.717) is 24.1 Å². The molecule has 0 saturated carbocycles. The molecular weight excluding hydrogens is 721 g/mol. The maximum absolute atomic E-state index is 12.7. The number of hydrogen-bond donors (Lipinski definition) is 1. The molecule has 0 rings (SSSR count). The molecule has 0 saturated heterocycles. The first-order valence-electron chi connectivity index (χ1n) is 22.2. The van der Waals surface area contributed by atoms with Crippen LogP contribution in [0.5, 0.6) is 0 Å². The molecule has 0 aromatic carbocycles. The Morgan fingerprint density at radius 2 is 1.04 bits per heavy atom. The quantitative estimate of drug-likeness (QED) is 0.0217. The van der Waals surface area contributed by atoms with Gasteiger partial charge in [-0.3, -0.25) is 13.8 Å². The van der Waals surface area contributed by atoms with Gasteiger partial charge in [-0.15, -0.1) is 0 Å². The van der Waals surface area contributed by atoms with Gasteiger partial charge in [0.15, 0.2) is 0 Å². The van der Waals surface area contributed by atoms with Crippen LogP contribution >= 0.6 is 7.82 Å². The smallest absolute Gasteiger partial charge is 0.457 e. The summed E-state index contributed by atoms with van der Waals surface area (Å²) >= 11 is 0. The Morgan fingerprint density at radius 3 is 1.55 bits per heavy atom. The van der Waals surface area contributed by atoms with E-state index in [9.17, 15) is 14.3 Å². The Morgan fingerprint density at radius 1 is 0.571 bits per heavy atom. The highest BCUT2D eigenvalue weighted by Gasteiger charge is 2.26. The van der Waals surface area contributed by atoms with Crippen LogP contribution in [0.25, 0.3) is 0 Å². The second-order valence-electron chi connectivity index (χ2n) is 15.7. The standard InChI is InChI=1S/C47H84NO7P/c1-6-8-10-12-14-16-18-20-22-24-25-27-29-31-33-35-37-39-42-52-44-46(45-54-56(50,51)53-43-41-48(3,4)5)55-47(49)40-38-36-34-32-30-28-26-23-21-19-17-15-13-11-9-7-2/h8,10,14,16-17,19-20,22-23,25-27,46H,6-7,9,11-13,15,18,21,24,28-45H2,1-5H3/p+1/b10-8-,16-14-,19-17-,22-20-,26-23-,27-25-. The number of phosphoric acid groups is 1. The number of likely N-dealkylation sites (N-methyl/N-ethyl adjacent to an activating group) is 1. The number of carbonyl (C=O) groups is 1. The van der Waals surface area contributed by atoms with Gasteiger partial charge in [0.25, 0.3) is 0 Å². The molecule has 0 fully saturated rings. The van der Waals surface area contributed by atoms with Crippen molar-refractivity contribution in [2.24, 2.45) is 0 Å². The third-order valence-corrected chi connectivity index (χ3v) is 9.99. The molecule has 9 heteroatoms. The van der Waals surface area contributed by atoms with E-state index in [4.69, 9.17) is 18.5 Å². The molecule has 56 heavy (non-hydrogen) atoms. The average Bonchev–Trinajstić information content (AvgIpc) is 3.15. The largest absolute Gasteiger partial charge is 0.472 e. The van der Waals surface area contributed by atoms with Crippen LogP contribution in [0.15, 0.2) is 72.9 Å². The lowest BCUT2D eigenvalue weighted by Crippen LogP contribution is -2.37. The number of quaternary nitrogens is 1. The van der Waals surface area contributed by atoms with Gasteiger partial charge in [-0.2, -0.15) is 0 Å². The summed E-state index contributed by atoms with van der Waals surface area (Å²) in [4.78, 5) is 22.9. The predicted molar refractivity (Wildman–Crippen MR) is 238 cm³/mol. The van der Waals surface area contributed by atoms with Crippen molar-refractivity contribution in [2.45, 2.75) is 168 Å². The van der Waals surface area contributed by atoms with Crippen molar-refractivity contribution < 1.29 is 37.3 Å². The minimum absolute atomic E-state index is 0.0779. The van der Waals surface area contributed by atoms with Gasteiger partial charge in [0.2, 0.25) is 0 Å². The second kappa shape index (κ2) is 39.8. The normalized spacial score (nSPS) is 14.5. The van der Waals surface area contributed by atoms with E-state index in [-0.39, 0.29) is 25.8 Å².